The number of nitrogens with zero attached hydrogens (tertiary/aromatic N) is 6. The van der Waals surface area contributed by atoms with Crippen LogP contribution in [0.1, 0.15) is 19.8 Å². The Hall–Kier alpha value is -2.62. The minimum absolute atomic E-state index is 0.0530. The van der Waals surface area contributed by atoms with Gasteiger partial charge in [0.15, 0.2) is 0 Å². The maximum atomic E-state index is 13.0. The van der Waals surface area contributed by atoms with Gasteiger partial charge in [0.1, 0.15) is 11.7 Å². The highest BCUT2D eigenvalue weighted by atomic mass is 32.2. The third kappa shape index (κ3) is 4.28. The molecule has 0 aliphatic carbocycles. The Morgan fingerprint density at radius 2 is 2.20 bits per heavy atom. The molecule has 0 aromatic carbocycles. The predicted octanol–water partition coefficient (Wildman–Crippen LogP) is 1.51. The summed E-state index contributed by atoms with van der Waals surface area (Å²) in [4.78, 5) is 32.9. The summed E-state index contributed by atoms with van der Waals surface area (Å²) in [5.74, 6) is 2.31. The number of thioether (sulfide) groups is 1. The molecule has 2 fully saturated rings. The number of hydrogen-bond donors (Lipinski definition) is 0. The molecule has 2 aliphatic rings. The van der Waals surface area contributed by atoms with Crippen molar-refractivity contribution in [2.75, 3.05) is 31.8 Å². The lowest BCUT2D eigenvalue weighted by Gasteiger charge is -2.27. The van der Waals surface area contributed by atoms with Crippen molar-refractivity contribution in [1.82, 2.24) is 29.8 Å². The summed E-state index contributed by atoms with van der Waals surface area (Å²) < 4.78 is 6.91. The molecule has 10 heteroatoms. The molecule has 2 atom stereocenters. The van der Waals surface area contributed by atoms with Crippen molar-refractivity contribution in [2.45, 2.75) is 32.4 Å². The second-order valence-corrected chi connectivity index (χ2v) is 8.59. The van der Waals surface area contributed by atoms with Crippen LogP contribution in [0.3, 0.4) is 0 Å². The topological polar surface area (TPSA) is 93.5 Å². The molecule has 0 N–H and O–H groups in total. The van der Waals surface area contributed by atoms with E-state index in [1.54, 1.807) is 36.0 Å². The van der Waals surface area contributed by atoms with Gasteiger partial charge in [-0.15, -0.1) is 16.9 Å². The van der Waals surface area contributed by atoms with E-state index in [0.29, 0.717) is 42.9 Å². The highest BCUT2D eigenvalue weighted by Gasteiger charge is 2.38. The lowest BCUT2D eigenvalue weighted by atomic mass is 10.1. The molecule has 1 unspecified atom stereocenters. The first-order chi connectivity index (χ1) is 14.6. The van der Waals surface area contributed by atoms with Gasteiger partial charge in [-0.1, -0.05) is 12.1 Å². The maximum absolute atomic E-state index is 13.0. The van der Waals surface area contributed by atoms with Gasteiger partial charge in [-0.25, -0.2) is 4.98 Å². The molecule has 2 saturated heterocycles. The van der Waals surface area contributed by atoms with Gasteiger partial charge in [-0.2, -0.15) is 0 Å². The minimum Gasteiger partial charge on any atom is -0.481 e. The van der Waals surface area contributed by atoms with Gasteiger partial charge in [-0.3, -0.25) is 14.3 Å². The van der Waals surface area contributed by atoms with Crippen LogP contribution in [0.4, 0.5) is 0 Å². The van der Waals surface area contributed by atoms with E-state index in [9.17, 15) is 9.59 Å². The zero-order chi connectivity index (χ0) is 21.1. The van der Waals surface area contributed by atoms with Crippen molar-refractivity contribution in [1.29, 1.82) is 0 Å². The largest absolute Gasteiger partial charge is 0.481 e. The van der Waals surface area contributed by atoms with E-state index >= 15 is 0 Å². The molecular formula is C20H26N6O3S. The number of pyridine rings is 1. The van der Waals surface area contributed by atoms with E-state index < -0.39 is 0 Å². The highest BCUT2D eigenvalue weighted by molar-refractivity contribution is 7.99. The number of amides is 2. The minimum atomic E-state index is -0.318. The predicted molar refractivity (Wildman–Crippen MR) is 113 cm³/mol. The molecule has 9 nitrogen and oxygen atoms in total. The number of carbonyl (C=O) groups excluding carboxylic acids is 2. The fourth-order valence-electron chi connectivity index (χ4n) is 3.93. The van der Waals surface area contributed by atoms with Crippen LogP contribution in [0.2, 0.25) is 0 Å². The maximum Gasteiger partial charge on any atom is 0.246 e. The van der Waals surface area contributed by atoms with E-state index in [4.69, 9.17) is 4.74 Å². The molecule has 2 aromatic heterocycles. The molecule has 30 heavy (non-hydrogen) atoms. The van der Waals surface area contributed by atoms with Crippen LogP contribution < -0.4 is 4.74 Å². The summed E-state index contributed by atoms with van der Waals surface area (Å²) in [7, 11) is 1.58. The average Bonchev–Trinajstić information content (AvgIpc) is 3.54. The van der Waals surface area contributed by atoms with E-state index in [1.165, 1.54) is 0 Å². The lowest BCUT2D eigenvalue weighted by molar-refractivity contribution is -0.142. The summed E-state index contributed by atoms with van der Waals surface area (Å²) in [6.45, 7) is 3.96. The lowest BCUT2D eigenvalue weighted by Crippen LogP contribution is -2.48. The fraction of sp³-hybridized carbons (Fsp3) is 0.550. The van der Waals surface area contributed by atoms with Crippen molar-refractivity contribution < 1.29 is 14.3 Å². The Morgan fingerprint density at radius 1 is 1.33 bits per heavy atom. The first kappa shape index (κ1) is 20.6. The summed E-state index contributed by atoms with van der Waals surface area (Å²) in [5, 5.41) is 8.48. The molecule has 0 bridgehead atoms. The SMILES string of the molecule is CCC(=O)N1CSC[C@H]1C(=O)N1CCC(Cn2cc(-c3ccc(OC)nc3)nn2)C1. The smallest absolute Gasteiger partial charge is 0.246 e. The first-order valence-electron chi connectivity index (χ1n) is 10.2. The van der Waals surface area contributed by atoms with Gasteiger partial charge >= 0.3 is 0 Å². The van der Waals surface area contributed by atoms with Crippen molar-refractivity contribution in [3.05, 3.63) is 24.5 Å². The van der Waals surface area contributed by atoms with E-state index in [0.717, 1.165) is 24.2 Å². The summed E-state index contributed by atoms with van der Waals surface area (Å²) in [6.07, 6.45) is 4.98. The van der Waals surface area contributed by atoms with Crippen molar-refractivity contribution in [2.24, 2.45) is 5.92 Å². The average molecular weight is 431 g/mol. The molecule has 2 aromatic rings. The standard InChI is InChI=1S/C20H26N6O3S/c1-3-19(27)26-13-30-12-17(26)20(28)24-7-6-14(9-24)10-25-11-16(22-23-25)15-4-5-18(29-2)21-8-15/h4-5,8,11,14,17H,3,6-7,9-10,12-13H2,1-2H3/t14?,17-/m0/s1. The number of methoxy groups -OCH3 is 1. The van der Waals surface area contributed by atoms with E-state index in [-0.39, 0.29) is 17.9 Å². The number of aromatic nitrogens is 4. The van der Waals surface area contributed by atoms with E-state index in [2.05, 4.69) is 15.3 Å². The highest BCUT2D eigenvalue weighted by Crippen LogP contribution is 2.26. The molecule has 2 aliphatic heterocycles. The first-order valence-corrected chi connectivity index (χ1v) is 11.3. The number of likely N-dealkylation sites (tertiary alicyclic amines) is 1. The second kappa shape index (κ2) is 9.03. The summed E-state index contributed by atoms with van der Waals surface area (Å²) >= 11 is 1.65. The quantitative estimate of drug-likeness (QED) is 0.686. The van der Waals surface area contributed by atoms with Gasteiger partial charge in [-0.05, 0) is 18.4 Å². The Morgan fingerprint density at radius 3 is 2.93 bits per heavy atom. The Balaban J connectivity index is 1.34. The molecule has 4 rings (SSSR count). The van der Waals surface area contributed by atoms with Crippen LogP contribution in [0.15, 0.2) is 24.5 Å². The van der Waals surface area contributed by atoms with Crippen LogP contribution in [0, 0.1) is 5.92 Å². The normalized spacial score (nSPS) is 21.3. The Labute approximate surface area is 179 Å². The van der Waals surface area contributed by atoms with Crippen molar-refractivity contribution in [3.8, 4) is 17.1 Å². The van der Waals surface area contributed by atoms with Gasteiger partial charge in [0, 0.05) is 49.6 Å². The Kier molecular flexibility index (Phi) is 6.21. The molecule has 0 radical (unpaired) electrons. The van der Waals surface area contributed by atoms with E-state index in [1.807, 2.05) is 28.8 Å². The third-order valence-electron chi connectivity index (χ3n) is 5.61. The molecular weight excluding hydrogens is 404 g/mol. The van der Waals surface area contributed by atoms with Crippen molar-refractivity contribution >= 4 is 23.6 Å². The van der Waals surface area contributed by atoms with Crippen LogP contribution in [-0.2, 0) is 16.1 Å². The monoisotopic (exact) mass is 430 g/mol. The van der Waals surface area contributed by atoms with Gasteiger partial charge in [0.05, 0.1) is 19.2 Å². The molecule has 0 spiro atoms. The van der Waals surface area contributed by atoms with Crippen LogP contribution in [0.25, 0.3) is 11.3 Å². The van der Waals surface area contributed by atoms with Gasteiger partial charge < -0.3 is 14.5 Å². The fourth-order valence-corrected chi connectivity index (χ4v) is 5.10. The molecule has 0 saturated carbocycles. The van der Waals surface area contributed by atoms with Crippen LogP contribution in [-0.4, -0.2) is 79.5 Å². The van der Waals surface area contributed by atoms with Crippen LogP contribution in [0.5, 0.6) is 5.88 Å². The number of ether oxygens (including phenoxy) is 1. The number of hydrogen-bond acceptors (Lipinski definition) is 7. The summed E-state index contributed by atoms with van der Waals surface area (Å²) in [6, 6.07) is 3.38. The summed E-state index contributed by atoms with van der Waals surface area (Å²) in [5.41, 5.74) is 1.64. The van der Waals surface area contributed by atoms with Gasteiger partial charge in [0.25, 0.3) is 0 Å². The molecule has 160 valence electrons. The zero-order valence-corrected chi connectivity index (χ0v) is 18.0. The molecule has 4 heterocycles. The zero-order valence-electron chi connectivity index (χ0n) is 17.2. The Bertz CT molecular complexity index is 902. The number of carbonyl (C=O) groups is 2. The number of rotatable bonds is 6. The second-order valence-electron chi connectivity index (χ2n) is 7.59. The van der Waals surface area contributed by atoms with Gasteiger partial charge in [0.2, 0.25) is 17.7 Å². The van der Waals surface area contributed by atoms with Crippen LogP contribution >= 0.6 is 11.8 Å². The van der Waals surface area contributed by atoms with Crippen molar-refractivity contribution in [3.63, 3.8) is 0 Å². The third-order valence-corrected chi connectivity index (χ3v) is 6.63. The molecule has 2 amide bonds.